The first-order valence-corrected chi connectivity index (χ1v) is 12.2. The summed E-state index contributed by atoms with van der Waals surface area (Å²) in [6.07, 6.45) is 0.00969. The molecule has 0 bridgehead atoms. The van der Waals surface area contributed by atoms with Crippen molar-refractivity contribution < 1.29 is 27.5 Å². The van der Waals surface area contributed by atoms with Gasteiger partial charge in [0.1, 0.15) is 16.4 Å². The van der Waals surface area contributed by atoms with E-state index >= 15 is 0 Å². The van der Waals surface area contributed by atoms with Gasteiger partial charge in [-0.3, -0.25) is 14.3 Å². The van der Waals surface area contributed by atoms with Crippen molar-refractivity contribution in [2.24, 2.45) is 0 Å². The van der Waals surface area contributed by atoms with Crippen molar-refractivity contribution in [2.75, 3.05) is 30.8 Å². The van der Waals surface area contributed by atoms with E-state index in [0.717, 1.165) is 5.56 Å². The van der Waals surface area contributed by atoms with Crippen LogP contribution in [-0.2, 0) is 14.8 Å². The van der Waals surface area contributed by atoms with Gasteiger partial charge in [0, 0.05) is 29.9 Å². The molecule has 0 saturated carbocycles. The maximum atomic E-state index is 13.0. The SMILES string of the molecule is COc1ccc(NS(=O)(=O)c2cc(NC(=O)CCNC(=O)c3cccc(C)c3)ccc2OC)cc1. The Labute approximate surface area is 204 Å². The molecule has 184 valence electrons. The summed E-state index contributed by atoms with van der Waals surface area (Å²) in [5, 5.41) is 5.35. The van der Waals surface area contributed by atoms with Crippen LogP contribution >= 0.6 is 0 Å². The minimum Gasteiger partial charge on any atom is -0.497 e. The Hall–Kier alpha value is -4.05. The van der Waals surface area contributed by atoms with Crippen molar-refractivity contribution in [3.05, 3.63) is 77.9 Å². The minimum atomic E-state index is -4.02. The van der Waals surface area contributed by atoms with Crippen LogP contribution in [0.25, 0.3) is 0 Å². The molecule has 3 N–H and O–H groups in total. The van der Waals surface area contributed by atoms with Crippen LogP contribution in [-0.4, -0.2) is 41.0 Å². The van der Waals surface area contributed by atoms with Crippen LogP contribution in [0.4, 0.5) is 11.4 Å². The number of ether oxygens (including phenoxy) is 2. The second-order valence-corrected chi connectivity index (χ2v) is 9.27. The summed E-state index contributed by atoms with van der Waals surface area (Å²) in [7, 11) is -1.15. The van der Waals surface area contributed by atoms with Gasteiger partial charge in [-0.15, -0.1) is 0 Å². The molecular weight excluding hydrogens is 470 g/mol. The highest BCUT2D eigenvalue weighted by atomic mass is 32.2. The van der Waals surface area contributed by atoms with Crippen LogP contribution in [0.5, 0.6) is 11.5 Å². The van der Waals surface area contributed by atoms with Gasteiger partial charge in [-0.2, -0.15) is 0 Å². The zero-order valence-corrected chi connectivity index (χ0v) is 20.4. The zero-order chi connectivity index (χ0) is 25.4. The number of nitrogens with one attached hydrogen (secondary N) is 3. The molecule has 0 radical (unpaired) electrons. The first-order chi connectivity index (χ1) is 16.7. The number of carbonyl (C=O) groups is 2. The molecule has 0 fully saturated rings. The van der Waals surface area contributed by atoms with Crippen LogP contribution < -0.4 is 24.8 Å². The van der Waals surface area contributed by atoms with Crippen molar-refractivity contribution in [1.82, 2.24) is 5.32 Å². The van der Waals surface area contributed by atoms with Crippen LogP contribution in [0.2, 0.25) is 0 Å². The zero-order valence-electron chi connectivity index (χ0n) is 19.6. The summed E-state index contributed by atoms with van der Waals surface area (Å²) in [6.45, 7) is 2.01. The number of methoxy groups -OCH3 is 2. The van der Waals surface area contributed by atoms with Crippen LogP contribution in [0.15, 0.2) is 71.6 Å². The van der Waals surface area contributed by atoms with E-state index in [1.807, 2.05) is 13.0 Å². The Kier molecular flexibility index (Phi) is 8.32. The Morgan fingerprint density at radius 3 is 2.26 bits per heavy atom. The average Bonchev–Trinajstić information content (AvgIpc) is 2.84. The molecule has 35 heavy (non-hydrogen) atoms. The number of sulfonamides is 1. The highest BCUT2D eigenvalue weighted by molar-refractivity contribution is 7.92. The van der Waals surface area contributed by atoms with Gasteiger partial charge in [0.05, 0.1) is 14.2 Å². The summed E-state index contributed by atoms with van der Waals surface area (Å²) in [6, 6.07) is 17.8. The van der Waals surface area contributed by atoms with Gasteiger partial charge >= 0.3 is 0 Å². The van der Waals surface area contributed by atoms with Crippen LogP contribution in [0.1, 0.15) is 22.3 Å². The number of rotatable bonds is 10. The largest absolute Gasteiger partial charge is 0.497 e. The highest BCUT2D eigenvalue weighted by Crippen LogP contribution is 2.29. The molecule has 9 nitrogen and oxygen atoms in total. The van der Waals surface area contributed by atoms with E-state index in [9.17, 15) is 18.0 Å². The summed E-state index contributed by atoms with van der Waals surface area (Å²) in [5.74, 6) is 0.0508. The topological polar surface area (TPSA) is 123 Å². The first-order valence-electron chi connectivity index (χ1n) is 10.7. The van der Waals surface area contributed by atoms with E-state index < -0.39 is 10.0 Å². The molecule has 3 aromatic rings. The standard InChI is InChI=1S/C25H27N3O6S/c1-17-5-4-6-18(15-17)25(30)26-14-13-24(29)27-20-9-12-22(34-3)23(16-20)35(31,32)28-19-7-10-21(33-2)11-8-19/h4-12,15-16,28H,13-14H2,1-3H3,(H,26,30)(H,27,29). The second kappa shape index (κ2) is 11.4. The van der Waals surface area contributed by atoms with Gasteiger partial charge in [-0.25, -0.2) is 8.42 Å². The van der Waals surface area contributed by atoms with Crippen LogP contribution in [0.3, 0.4) is 0 Å². The fourth-order valence-electron chi connectivity index (χ4n) is 3.24. The molecule has 0 spiro atoms. The molecular formula is C25H27N3O6S. The Balaban J connectivity index is 1.64. The molecule has 0 heterocycles. The third kappa shape index (κ3) is 6.97. The molecule has 0 aliphatic heterocycles. The predicted molar refractivity (Wildman–Crippen MR) is 134 cm³/mol. The molecule has 0 aliphatic rings. The number of anilines is 2. The lowest BCUT2D eigenvalue weighted by Crippen LogP contribution is -2.27. The summed E-state index contributed by atoms with van der Waals surface area (Å²) >= 11 is 0. The van der Waals surface area contributed by atoms with Crippen molar-refractivity contribution in [3.63, 3.8) is 0 Å². The maximum absolute atomic E-state index is 13.0. The smallest absolute Gasteiger partial charge is 0.265 e. The van der Waals surface area contributed by atoms with Gasteiger partial charge in [-0.1, -0.05) is 17.7 Å². The lowest BCUT2D eigenvalue weighted by Gasteiger charge is -2.14. The van der Waals surface area contributed by atoms with Crippen molar-refractivity contribution >= 4 is 33.2 Å². The molecule has 0 unspecified atom stereocenters. The number of amides is 2. The Bertz CT molecular complexity index is 1310. The van der Waals surface area contributed by atoms with Gasteiger partial charge in [0.25, 0.3) is 15.9 Å². The fourth-order valence-corrected chi connectivity index (χ4v) is 4.49. The van der Waals surface area contributed by atoms with Crippen molar-refractivity contribution in [1.29, 1.82) is 0 Å². The Morgan fingerprint density at radius 1 is 0.886 bits per heavy atom. The summed E-state index contributed by atoms with van der Waals surface area (Å²) in [5.41, 5.74) is 2.09. The third-order valence-electron chi connectivity index (χ3n) is 5.00. The van der Waals surface area contributed by atoms with Gasteiger partial charge in [0.15, 0.2) is 0 Å². The first kappa shape index (κ1) is 25.6. The van der Waals surface area contributed by atoms with E-state index in [4.69, 9.17) is 9.47 Å². The fraction of sp³-hybridized carbons (Fsp3) is 0.200. The quantitative estimate of drug-likeness (QED) is 0.394. The molecule has 3 aromatic carbocycles. The van der Waals surface area contributed by atoms with Crippen LogP contribution in [0, 0.1) is 6.92 Å². The molecule has 10 heteroatoms. The van der Waals surface area contributed by atoms with E-state index in [2.05, 4.69) is 15.4 Å². The van der Waals surface area contributed by atoms with Gasteiger partial charge in [0.2, 0.25) is 5.91 Å². The third-order valence-corrected chi connectivity index (χ3v) is 6.40. The lowest BCUT2D eigenvalue weighted by molar-refractivity contribution is -0.116. The normalized spacial score (nSPS) is 10.8. The number of aryl methyl sites for hydroxylation is 1. The molecule has 0 atom stereocenters. The number of hydrogen-bond acceptors (Lipinski definition) is 6. The lowest BCUT2D eigenvalue weighted by atomic mass is 10.1. The highest BCUT2D eigenvalue weighted by Gasteiger charge is 2.21. The number of benzene rings is 3. The second-order valence-electron chi connectivity index (χ2n) is 7.62. The van der Waals surface area contributed by atoms with E-state index in [1.54, 1.807) is 42.5 Å². The summed E-state index contributed by atoms with van der Waals surface area (Å²) < 4.78 is 38.8. The van der Waals surface area contributed by atoms with E-state index in [-0.39, 0.29) is 41.1 Å². The monoisotopic (exact) mass is 497 g/mol. The minimum absolute atomic E-state index is 0.00969. The Morgan fingerprint density at radius 2 is 1.60 bits per heavy atom. The molecule has 2 amide bonds. The molecule has 3 rings (SSSR count). The van der Waals surface area contributed by atoms with Crippen molar-refractivity contribution in [3.8, 4) is 11.5 Å². The van der Waals surface area contributed by atoms with Crippen molar-refractivity contribution in [2.45, 2.75) is 18.2 Å². The molecule has 0 aliphatic carbocycles. The predicted octanol–water partition coefficient (Wildman–Crippen LogP) is 3.57. The molecule has 0 saturated heterocycles. The van der Waals surface area contributed by atoms with Gasteiger partial charge < -0.3 is 20.1 Å². The maximum Gasteiger partial charge on any atom is 0.265 e. The van der Waals surface area contributed by atoms with E-state index in [0.29, 0.717) is 17.0 Å². The van der Waals surface area contributed by atoms with E-state index in [1.165, 1.54) is 32.4 Å². The number of hydrogen-bond donors (Lipinski definition) is 3. The average molecular weight is 498 g/mol. The van der Waals surface area contributed by atoms with Gasteiger partial charge in [-0.05, 0) is 61.5 Å². The number of carbonyl (C=O) groups excluding carboxylic acids is 2. The molecule has 0 aromatic heterocycles. The summed E-state index contributed by atoms with van der Waals surface area (Å²) in [4.78, 5) is 24.5.